The number of carbonyl (C=O) groups excluding carboxylic acids is 1. The first kappa shape index (κ1) is 13.0. The fraction of sp³-hybridized carbons (Fsp3) is 0.818. The first-order valence-corrected chi connectivity index (χ1v) is 5.52. The van der Waals surface area contributed by atoms with Crippen LogP contribution in [0.2, 0.25) is 0 Å². The van der Waals surface area contributed by atoms with Crippen LogP contribution in [0.1, 0.15) is 33.6 Å². The first-order chi connectivity index (χ1) is 7.23. The van der Waals surface area contributed by atoms with Gasteiger partial charge in [-0.2, -0.15) is 0 Å². The van der Waals surface area contributed by atoms with Crippen LogP contribution in [0.4, 0.5) is 0 Å². The van der Waals surface area contributed by atoms with Crippen LogP contribution in [0.3, 0.4) is 0 Å². The Hall–Kier alpha value is -1.10. The number of hydrogen-bond donors (Lipinski definition) is 3. The van der Waals surface area contributed by atoms with E-state index in [0.29, 0.717) is 0 Å². The van der Waals surface area contributed by atoms with E-state index in [-0.39, 0.29) is 17.2 Å². The van der Waals surface area contributed by atoms with Gasteiger partial charge in [-0.15, -0.1) is 0 Å². The fourth-order valence-corrected chi connectivity index (χ4v) is 1.45. The molecule has 1 fully saturated rings. The molecule has 0 radical (unpaired) electrons. The van der Waals surface area contributed by atoms with Crippen LogP contribution in [-0.4, -0.2) is 29.1 Å². The van der Waals surface area contributed by atoms with E-state index in [0.717, 1.165) is 12.8 Å². The van der Waals surface area contributed by atoms with Gasteiger partial charge in [0.2, 0.25) is 5.91 Å². The lowest BCUT2D eigenvalue weighted by atomic mass is 9.86. The molecule has 0 heterocycles. The Morgan fingerprint density at radius 1 is 1.38 bits per heavy atom. The Bertz CT molecular complexity index is 292. The molecule has 16 heavy (non-hydrogen) atoms. The highest BCUT2D eigenvalue weighted by Gasteiger charge is 2.39. The molecule has 1 saturated carbocycles. The van der Waals surface area contributed by atoms with Gasteiger partial charge in [-0.3, -0.25) is 4.79 Å². The number of rotatable bonds is 4. The van der Waals surface area contributed by atoms with Crippen molar-refractivity contribution in [1.82, 2.24) is 5.32 Å². The van der Waals surface area contributed by atoms with Gasteiger partial charge in [0.15, 0.2) is 0 Å². The van der Waals surface area contributed by atoms with Crippen molar-refractivity contribution in [1.29, 1.82) is 0 Å². The lowest BCUT2D eigenvalue weighted by Gasteiger charge is -2.27. The molecule has 0 aromatic heterocycles. The Morgan fingerprint density at radius 2 is 1.88 bits per heavy atom. The van der Waals surface area contributed by atoms with E-state index in [9.17, 15) is 9.59 Å². The molecule has 5 heteroatoms. The molecular formula is C11H20N2O3. The standard InChI is InChI=1S/C11H20N2O3/c1-11(2,3)8(12)9(14)13-7(10(15)16)6-4-5-6/h6-8H,4-5,12H2,1-3H3,(H,13,14)(H,15,16)/t7?,8-/m1/s1. The Balaban J connectivity index is 2.58. The highest BCUT2D eigenvalue weighted by atomic mass is 16.4. The van der Waals surface area contributed by atoms with Crippen LogP contribution in [0.15, 0.2) is 0 Å². The molecule has 5 nitrogen and oxygen atoms in total. The smallest absolute Gasteiger partial charge is 0.326 e. The van der Waals surface area contributed by atoms with Crippen LogP contribution >= 0.6 is 0 Å². The van der Waals surface area contributed by atoms with Crippen molar-refractivity contribution in [2.45, 2.75) is 45.7 Å². The van der Waals surface area contributed by atoms with Gasteiger partial charge in [-0.1, -0.05) is 20.8 Å². The summed E-state index contributed by atoms with van der Waals surface area (Å²) < 4.78 is 0. The molecule has 0 bridgehead atoms. The van der Waals surface area contributed by atoms with Crippen molar-refractivity contribution >= 4 is 11.9 Å². The van der Waals surface area contributed by atoms with E-state index < -0.39 is 18.1 Å². The number of hydrogen-bond acceptors (Lipinski definition) is 3. The second kappa shape index (κ2) is 4.41. The summed E-state index contributed by atoms with van der Waals surface area (Å²) in [6.07, 6.45) is 1.73. The lowest BCUT2D eigenvalue weighted by molar-refractivity contribution is -0.143. The number of amides is 1. The van der Waals surface area contributed by atoms with E-state index >= 15 is 0 Å². The van der Waals surface area contributed by atoms with Gasteiger partial charge in [0.25, 0.3) is 0 Å². The molecule has 0 saturated heterocycles. The molecule has 0 aromatic rings. The average Bonchev–Trinajstić information content (AvgIpc) is 2.93. The van der Waals surface area contributed by atoms with Gasteiger partial charge >= 0.3 is 5.97 Å². The topological polar surface area (TPSA) is 92.4 Å². The molecule has 4 N–H and O–H groups in total. The zero-order chi connectivity index (χ0) is 12.5. The molecule has 92 valence electrons. The van der Waals surface area contributed by atoms with Gasteiger partial charge in [0.1, 0.15) is 6.04 Å². The second-order valence-electron chi connectivity index (χ2n) is 5.51. The van der Waals surface area contributed by atoms with E-state index in [1.807, 2.05) is 20.8 Å². The minimum absolute atomic E-state index is 0.0774. The normalized spacial score (nSPS) is 20.0. The second-order valence-corrected chi connectivity index (χ2v) is 5.51. The fourth-order valence-electron chi connectivity index (χ4n) is 1.45. The zero-order valence-corrected chi connectivity index (χ0v) is 9.99. The summed E-state index contributed by atoms with van der Waals surface area (Å²) in [4.78, 5) is 22.7. The van der Waals surface area contributed by atoms with Crippen LogP contribution in [0, 0.1) is 11.3 Å². The molecule has 1 aliphatic rings. The molecule has 0 aromatic carbocycles. The third-order valence-electron chi connectivity index (χ3n) is 2.87. The largest absolute Gasteiger partial charge is 0.480 e. The highest BCUT2D eigenvalue weighted by Crippen LogP contribution is 2.33. The molecule has 0 spiro atoms. The number of carboxylic acids is 1. The van der Waals surface area contributed by atoms with E-state index in [1.54, 1.807) is 0 Å². The number of nitrogens with two attached hydrogens (primary N) is 1. The van der Waals surface area contributed by atoms with E-state index in [4.69, 9.17) is 10.8 Å². The summed E-state index contributed by atoms with van der Waals surface area (Å²) in [5.41, 5.74) is 5.39. The quantitative estimate of drug-likeness (QED) is 0.647. The van der Waals surface area contributed by atoms with Crippen molar-refractivity contribution in [3.63, 3.8) is 0 Å². The highest BCUT2D eigenvalue weighted by molar-refractivity contribution is 5.87. The summed E-state index contributed by atoms with van der Waals surface area (Å²) in [7, 11) is 0. The number of carboxylic acid groups (broad SMARTS) is 1. The molecule has 0 aliphatic heterocycles. The molecule has 2 atom stereocenters. The lowest BCUT2D eigenvalue weighted by Crippen LogP contribution is -2.53. The third kappa shape index (κ3) is 3.20. The van der Waals surface area contributed by atoms with E-state index in [2.05, 4.69) is 5.32 Å². The van der Waals surface area contributed by atoms with Crippen LogP contribution in [-0.2, 0) is 9.59 Å². The molecule has 1 rings (SSSR count). The van der Waals surface area contributed by atoms with Crippen molar-refractivity contribution in [2.75, 3.05) is 0 Å². The summed E-state index contributed by atoms with van der Waals surface area (Å²) in [5.74, 6) is -1.28. The van der Waals surface area contributed by atoms with E-state index in [1.165, 1.54) is 0 Å². The Labute approximate surface area is 95.4 Å². The predicted octanol–water partition coefficient (Wildman–Crippen LogP) is 0.339. The van der Waals surface area contributed by atoms with Gasteiger partial charge < -0.3 is 16.2 Å². The van der Waals surface area contributed by atoms with Gasteiger partial charge in [0, 0.05) is 0 Å². The van der Waals surface area contributed by atoms with Crippen molar-refractivity contribution in [3.8, 4) is 0 Å². The third-order valence-corrected chi connectivity index (χ3v) is 2.87. The molecule has 1 unspecified atom stereocenters. The molecular weight excluding hydrogens is 208 g/mol. The maximum Gasteiger partial charge on any atom is 0.326 e. The van der Waals surface area contributed by atoms with Gasteiger partial charge in [-0.25, -0.2) is 4.79 Å². The number of aliphatic carboxylic acids is 1. The van der Waals surface area contributed by atoms with Crippen molar-refractivity contribution in [3.05, 3.63) is 0 Å². The summed E-state index contributed by atoms with van der Waals surface area (Å²) in [6, 6.07) is -1.46. The SMILES string of the molecule is CC(C)(C)[C@H](N)C(=O)NC(C(=O)O)C1CC1. The first-order valence-electron chi connectivity index (χ1n) is 5.52. The molecule has 1 amide bonds. The number of nitrogens with one attached hydrogen (secondary N) is 1. The summed E-state index contributed by atoms with van der Waals surface area (Å²) in [6.45, 7) is 5.55. The maximum absolute atomic E-state index is 11.7. The maximum atomic E-state index is 11.7. The number of carbonyl (C=O) groups is 2. The van der Waals surface area contributed by atoms with Crippen LogP contribution in [0.25, 0.3) is 0 Å². The minimum Gasteiger partial charge on any atom is -0.480 e. The zero-order valence-electron chi connectivity index (χ0n) is 9.99. The Kier molecular flexibility index (Phi) is 3.57. The predicted molar refractivity (Wildman–Crippen MR) is 59.7 cm³/mol. The van der Waals surface area contributed by atoms with Crippen molar-refractivity contribution < 1.29 is 14.7 Å². The van der Waals surface area contributed by atoms with Gasteiger partial charge in [0.05, 0.1) is 6.04 Å². The average molecular weight is 228 g/mol. The van der Waals surface area contributed by atoms with Crippen LogP contribution in [0.5, 0.6) is 0 Å². The molecule has 1 aliphatic carbocycles. The summed E-state index contributed by atoms with van der Waals surface area (Å²) >= 11 is 0. The summed E-state index contributed by atoms with van der Waals surface area (Å²) in [5, 5.41) is 11.5. The minimum atomic E-state index is -0.975. The monoisotopic (exact) mass is 228 g/mol. The van der Waals surface area contributed by atoms with Crippen molar-refractivity contribution in [2.24, 2.45) is 17.1 Å². The Morgan fingerprint density at radius 3 is 2.19 bits per heavy atom. The van der Waals surface area contributed by atoms with Gasteiger partial charge in [-0.05, 0) is 24.2 Å². The van der Waals surface area contributed by atoms with Crippen LogP contribution < -0.4 is 11.1 Å².